The minimum Gasteiger partial charge on any atom is -0.411 e. The third kappa shape index (κ3) is 4.18. The SMILES string of the molecule is COCCCCN1CCC(=NO)C(C)C1. The van der Waals surface area contributed by atoms with Crippen molar-refractivity contribution in [1.29, 1.82) is 0 Å². The van der Waals surface area contributed by atoms with E-state index in [1.54, 1.807) is 7.11 Å². The van der Waals surface area contributed by atoms with E-state index < -0.39 is 0 Å². The van der Waals surface area contributed by atoms with E-state index >= 15 is 0 Å². The van der Waals surface area contributed by atoms with Gasteiger partial charge in [0.05, 0.1) is 5.71 Å². The Morgan fingerprint density at radius 3 is 2.93 bits per heavy atom. The highest BCUT2D eigenvalue weighted by Crippen LogP contribution is 2.14. The van der Waals surface area contributed by atoms with Crippen LogP contribution >= 0.6 is 0 Å². The number of methoxy groups -OCH3 is 1. The lowest BCUT2D eigenvalue weighted by atomic mass is 9.97. The van der Waals surface area contributed by atoms with Crippen molar-refractivity contribution in [3.8, 4) is 0 Å². The van der Waals surface area contributed by atoms with E-state index in [1.807, 2.05) is 0 Å². The number of likely N-dealkylation sites (tertiary alicyclic amines) is 1. The van der Waals surface area contributed by atoms with Gasteiger partial charge in [0, 0.05) is 39.1 Å². The van der Waals surface area contributed by atoms with Gasteiger partial charge in [-0.05, 0) is 19.4 Å². The highest BCUT2D eigenvalue weighted by Gasteiger charge is 2.21. The summed E-state index contributed by atoms with van der Waals surface area (Å²) in [5.74, 6) is 0.395. The Labute approximate surface area is 91.9 Å². The first-order valence-corrected chi connectivity index (χ1v) is 5.70. The summed E-state index contributed by atoms with van der Waals surface area (Å²) in [6.07, 6.45) is 3.22. The number of rotatable bonds is 5. The molecule has 0 bridgehead atoms. The minimum absolute atomic E-state index is 0.395. The van der Waals surface area contributed by atoms with Crippen molar-refractivity contribution in [1.82, 2.24) is 4.90 Å². The molecule has 1 atom stereocenters. The second-order valence-electron chi connectivity index (χ2n) is 4.24. The van der Waals surface area contributed by atoms with Gasteiger partial charge >= 0.3 is 0 Å². The molecule has 1 aliphatic rings. The fraction of sp³-hybridized carbons (Fsp3) is 0.909. The highest BCUT2D eigenvalue weighted by atomic mass is 16.5. The number of ether oxygens (including phenoxy) is 1. The standard InChI is InChI=1S/C11H22N2O2/c1-10-9-13(6-3-4-8-15-2)7-5-11(10)12-14/h10,14H,3-9H2,1-2H3. The molecule has 0 saturated carbocycles. The first-order chi connectivity index (χ1) is 7.27. The lowest BCUT2D eigenvalue weighted by Crippen LogP contribution is -2.40. The zero-order chi connectivity index (χ0) is 11.1. The van der Waals surface area contributed by atoms with Gasteiger partial charge in [-0.3, -0.25) is 0 Å². The smallest absolute Gasteiger partial charge is 0.0624 e. The van der Waals surface area contributed by atoms with Gasteiger partial charge in [-0.2, -0.15) is 0 Å². The summed E-state index contributed by atoms with van der Waals surface area (Å²) in [6, 6.07) is 0. The molecule has 88 valence electrons. The number of piperidine rings is 1. The van der Waals surface area contributed by atoms with E-state index in [1.165, 1.54) is 6.42 Å². The van der Waals surface area contributed by atoms with Crippen molar-refractivity contribution < 1.29 is 9.94 Å². The molecule has 15 heavy (non-hydrogen) atoms. The van der Waals surface area contributed by atoms with Crippen molar-refractivity contribution in [3.63, 3.8) is 0 Å². The third-order valence-corrected chi connectivity index (χ3v) is 2.99. The Kier molecular flexibility index (Phi) is 5.65. The molecule has 0 aromatic carbocycles. The molecule has 1 N–H and O–H groups in total. The molecule has 1 fully saturated rings. The Hall–Kier alpha value is -0.610. The Balaban J connectivity index is 2.17. The largest absolute Gasteiger partial charge is 0.411 e. The van der Waals surface area contributed by atoms with Crippen LogP contribution in [0.5, 0.6) is 0 Å². The summed E-state index contributed by atoms with van der Waals surface area (Å²) < 4.78 is 5.02. The molecule has 1 aliphatic heterocycles. The van der Waals surface area contributed by atoms with Crippen LogP contribution < -0.4 is 0 Å². The number of nitrogens with zero attached hydrogens (tertiary/aromatic N) is 2. The lowest BCUT2D eigenvalue weighted by Gasteiger charge is -2.31. The first-order valence-electron chi connectivity index (χ1n) is 5.70. The van der Waals surface area contributed by atoms with Crippen LogP contribution in [0.3, 0.4) is 0 Å². The van der Waals surface area contributed by atoms with Crippen LogP contribution in [0.15, 0.2) is 5.16 Å². The zero-order valence-electron chi connectivity index (χ0n) is 9.78. The van der Waals surface area contributed by atoms with Crippen molar-refractivity contribution in [3.05, 3.63) is 0 Å². The van der Waals surface area contributed by atoms with Gasteiger partial charge < -0.3 is 14.8 Å². The molecule has 4 heteroatoms. The molecule has 0 radical (unpaired) electrons. The van der Waals surface area contributed by atoms with Crippen LogP contribution in [0.2, 0.25) is 0 Å². The predicted molar refractivity (Wildman–Crippen MR) is 60.6 cm³/mol. The third-order valence-electron chi connectivity index (χ3n) is 2.99. The molecule has 1 rings (SSSR count). The molecule has 0 spiro atoms. The Morgan fingerprint density at radius 2 is 2.33 bits per heavy atom. The molecule has 0 aromatic rings. The van der Waals surface area contributed by atoms with Crippen molar-refractivity contribution >= 4 is 5.71 Å². The summed E-state index contributed by atoms with van der Waals surface area (Å²) in [5, 5.41) is 12.1. The van der Waals surface area contributed by atoms with Gasteiger partial charge in [0.1, 0.15) is 0 Å². The number of oxime groups is 1. The maximum Gasteiger partial charge on any atom is 0.0624 e. The van der Waals surface area contributed by atoms with Crippen LogP contribution in [0.4, 0.5) is 0 Å². The Morgan fingerprint density at radius 1 is 1.53 bits per heavy atom. The van der Waals surface area contributed by atoms with Crippen molar-refractivity contribution in [2.24, 2.45) is 11.1 Å². The van der Waals surface area contributed by atoms with E-state index in [0.29, 0.717) is 5.92 Å². The summed E-state index contributed by atoms with van der Waals surface area (Å²) in [5.41, 5.74) is 0.947. The second kappa shape index (κ2) is 6.80. The summed E-state index contributed by atoms with van der Waals surface area (Å²) in [6.45, 7) is 6.15. The fourth-order valence-corrected chi connectivity index (χ4v) is 2.04. The molecule has 1 saturated heterocycles. The van der Waals surface area contributed by atoms with Crippen molar-refractivity contribution in [2.75, 3.05) is 33.4 Å². The summed E-state index contributed by atoms with van der Waals surface area (Å²) in [7, 11) is 1.74. The topological polar surface area (TPSA) is 45.1 Å². The zero-order valence-corrected chi connectivity index (χ0v) is 9.78. The molecule has 0 aliphatic carbocycles. The van der Waals surface area contributed by atoms with Gasteiger partial charge in [-0.1, -0.05) is 12.1 Å². The van der Waals surface area contributed by atoms with Crippen LogP contribution in [-0.2, 0) is 4.74 Å². The van der Waals surface area contributed by atoms with E-state index in [9.17, 15) is 0 Å². The second-order valence-corrected chi connectivity index (χ2v) is 4.24. The number of hydrogen-bond donors (Lipinski definition) is 1. The van der Waals surface area contributed by atoms with Crippen molar-refractivity contribution in [2.45, 2.75) is 26.2 Å². The van der Waals surface area contributed by atoms with Gasteiger partial charge in [0.25, 0.3) is 0 Å². The van der Waals surface area contributed by atoms with Crippen LogP contribution in [0.25, 0.3) is 0 Å². The Bertz CT molecular complexity index is 207. The van der Waals surface area contributed by atoms with Gasteiger partial charge in [-0.15, -0.1) is 0 Å². The quantitative estimate of drug-likeness (QED) is 0.429. The molecular formula is C11H22N2O2. The van der Waals surface area contributed by atoms with E-state index in [2.05, 4.69) is 17.0 Å². The minimum atomic E-state index is 0.395. The average Bonchev–Trinajstić information content (AvgIpc) is 2.25. The maximum absolute atomic E-state index is 8.75. The summed E-state index contributed by atoms with van der Waals surface area (Å²) in [4.78, 5) is 2.44. The van der Waals surface area contributed by atoms with E-state index in [0.717, 1.165) is 44.8 Å². The molecule has 1 heterocycles. The molecule has 1 unspecified atom stereocenters. The predicted octanol–water partition coefficient (Wildman–Crippen LogP) is 1.58. The highest BCUT2D eigenvalue weighted by molar-refractivity contribution is 5.86. The lowest BCUT2D eigenvalue weighted by molar-refractivity contribution is 0.179. The average molecular weight is 214 g/mol. The fourth-order valence-electron chi connectivity index (χ4n) is 2.04. The normalized spacial score (nSPS) is 26.0. The van der Waals surface area contributed by atoms with Gasteiger partial charge in [0.2, 0.25) is 0 Å². The monoisotopic (exact) mass is 214 g/mol. The summed E-state index contributed by atoms with van der Waals surface area (Å²) >= 11 is 0. The number of unbranched alkanes of at least 4 members (excludes halogenated alkanes) is 1. The molecule has 0 amide bonds. The maximum atomic E-state index is 8.75. The molecular weight excluding hydrogens is 192 g/mol. The van der Waals surface area contributed by atoms with Crippen LogP contribution in [0, 0.1) is 5.92 Å². The van der Waals surface area contributed by atoms with E-state index in [4.69, 9.17) is 9.94 Å². The van der Waals surface area contributed by atoms with Gasteiger partial charge in [0.15, 0.2) is 0 Å². The molecule has 0 aromatic heterocycles. The van der Waals surface area contributed by atoms with Crippen LogP contribution in [0.1, 0.15) is 26.2 Å². The van der Waals surface area contributed by atoms with Gasteiger partial charge in [-0.25, -0.2) is 0 Å². The van der Waals surface area contributed by atoms with Crippen LogP contribution in [-0.4, -0.2) is 49.2 Å². The first kappa shape index (κ1) is 12.5. The number of hydrogen-bond acceptors (Lipinski definition) is 4. The van der Waals surface area contributed by atoms with E-state index in [-0.39, 0.29) is 0 Å². The molecule has 4 nitrogen and oxygen atoms in total.